The predicted octanol–water partition coefficient (Wildman–Crippen LogP) is 3.08. The van der Waals surface area contributed by atoms with Crippen molar-refractivity contribution in [3.8, 4) is 0 Å². The number of unbranched alkanes of at least 4 members (excludes halogenated alkanes) is 2. The van der Waals surface area contributed by atoms with E-state index in [0.29, 0.717) is 6.04 Å². The maximum atomic E-state index is 3.67. The van der Waals surface area contributed by atoms with Gasteiger partial charge in [-0.1, -0.05) is 32.6 Å². The zero-order valence-corrected chi connectivity index (χ0v) is 11.2. The Hall–Kier alpha value is -0.0800. The molecule has 2 heteroatoms. The summed E-state index contributed by atoms with van der Waals surface area (Å²) in [4.78, 5) is 0. The van der Waals surface area contributed by atoms with Crippen molar-refractivity contribution < 1.29 is 0 Å². The molecule has 16 heavy (non-hydrogen) atoms. The van der Waals surface area contributed by atoms with Crippen LogP contribution < -0.4 is 10.6 Å². The van der Waals surface area contributed by atoms with Gasteiger partial charge in [0.15, 0.2) is 0 Å². The van der Waals surface area contributed by atoms with Crippen molar-refractivity contribution in [2.45, 2.75) is 77.3 Å². The topological polar surface area (TPSA) is 24.1 Å². The molecule has 0 aromatic heterocycles. The molecule has 1 fully saturated rings. The van der Waals surface area contributed by atoms with Crippen LogP contribution in [0.3, 0.4) is 0 Å². The molecule has 2 atom stereocenters. The molecule has 1 aliphatic heterocycles. The van der Waals surface area contributed by atoms with Gasteiger partial charge in [0.05, 0.1) is 0 Å². The van der Waals surface area contributed by atoms with Crippen LogP contribution in [0.4, 0.5) is 0 Å². The second kappa shape index (κ2) is 9.00. The number of hydrogen-bond acceptors (Lipinski definition) is 2. The molecule has 1 rings (SSSR count). The van der Waals surface area contributed by atoms with Gasteiger partial charge in [-0.15, -0.1) is 0 Å². The average Bonchev–Trinajstić information content (AvgIpc) is 2.53. The summed E-state index contributed by atoms with van der Waals surface area (Å²) in [6, 6.07) is 1.43. The highest BCUT2D eigenvalue weighted by atomic mass is 14.9. The van der Waals surface area contributed by atoms with Gasteiger partial charge >= 0.3 is 0 Å². The highest BCUT2D eigenvalue weighted by molar-refractivity contribution is 4.75. The fourth-order valence-electron chi connectivity index (χ4n) is 2.54. The van der Waals surface area contributed by atoms with Crippen LogP contribution in [0.2, 0.25) is 0 Å². The summed E-state index contributed by atoms with van der Waals surface area (Å²) >= 11 is 0. The molecule has 2 nitrogen and oxygen atoms in total. The van der Waals surface area contributed by atoms with Crippen LogP contribution in [0.5, 0.6) is 0 Å². The van der Waals surface area contributed by atoms with Crippen molar-refractivity contribution in [3.63, 3.8) is 0 Å². The minimum atomic E-state index is 0.674. The largest absolute Gasteiger partial charge is 0.314 e. The summed E-state index contributed by atoms with van der Waals surface area (Å²) in [5.41, 5.74) is 0. The molecule has 0 aromatic carbocycles. The van der Waals surface area contributed by atoms with Gasteiger partial charge in [-0.2, -0.15) is 0 Å². The van der Waals surface area contributed by atoms with Gasteiger partial charge in [0.2, 0.25) is 0 Å². The zero-order valence-electron chi connectivity index (χ0n) is 11.2. The Labute approximate surface area is 102 Å². The molecule has 1 saturated heterocycles. The number of hydrogen-bond donors (Lipinski definition) is 2. The molecule has 0 aromatic rings. The van der Waals surface area contributed by atoms with Gasteiger partial charge in [-0.05, 0) is 45.7 Å². The first-order chi connectivity index (χ1) is 7.83. The zero-order chi connectivity index (χ0) is 11.6. The summed E-state index contributed by atoms with van der Waals surface area (Å²) in [6.07, 6.45) is 10.9. The molecule has 2 unspecified atom stereocenters. The Morgan fingerprint density at radius 2 is 2.12 bits per heavy atom. The van der Waals surface area contributed by atoms with Crippen LogP contribution >= 0.6 is 0 Å². The van der Waals surface area contributed by atoms with E-state index >= 15 is 0 Å². The first-order valence-corrected chi connectivity index (χ1v) is 7.29. The molecule has 0 spiro atoms. The van der Waals surface area contributed by atoms with Gasteiger partial charge < -0.3 is 10.6 Å². The normalized spacial score (nSPS) is 24.0. The number of rotatable bonds is 7. The second-order valence-corrected chi connectivity index (χ2v) is 5.30. The Morgan fingerprint density at radius 1 is 1.25 bits per heavy atom. The minimum absolute atomic E-state index is 0.674. The van der Waals surface area contributed by atoms with Crippen molar-refractivity contribution in [2.24, 2.45) is 0 Å². The van der Waals surface area contributed by atoms with Crippen LogP contribution in [0.1, 0.15) is 65.2 Å². The van der Waals surface area contributed by atoms with E-state index in [0.717, 1.165) is 6.04 Å². The molecule has 0 aliphatic carbocycles. The standard InChI is InChI=1S/C14H30N2/c1-3-4-7-10-15-13(2)12-14-9-6-5-8-11-16-14/h13-16H,3-12H2,1-2H3. The van der Waals surface area contributed by atoms with Crippen LogP contribution in [-0.2, 0) is 0 Å². The summed E-state index contributed by atoms with van der Waals surface area (Å²) < 4.78 is 0. The molecule has 2 N–H and O–H groups in total. The summed E-state index contributed by atoms with van der Waals surface area (Å²) in [5.74, 6) is 0. The maximum Gasteiger partial charge on any atom is 0.00817 e. The van der Waals surface area contributed by atoms with Crippen molar-refractivity contribution in [1.82, 2.24) is 10.6 Å². The van der Waals surface area contributed by atoms with Crippen LogP contribution in [0.25, 0.3) is 0 Å². The molecule has 0 amide bonds. The average molecular weight is 226 g/mol. The summed E-state index contributed by atoms with van der Waals surface area (Å²) in [5, 5.41) is 7.32. The predicted molar refractivity (Wildman–Crippen MR) is 71.9 cm³/mol. The van der Waals surface area contributed by atoms with Crippen molar-refractivity contribution in [3.05, 3.63) is 0 Å². The van der Waals surface area contributed by atoms with Crippen molar-refractivity contribution >= 4 is 0 Å². The van der Waals surface area contributed by atoms with Gasteiger partial charge in [-0.25, -0.2) is 0 Å². The fraction of sp³-hybridized carbons (Fsp3) is 1.00. The first kappa shape index (κ1) is 14.0. The second-order valence-electron chi connectivity index (χ2n) is 5.30. The third-order valence-electron chi connectivity index (χ3n) is 3.57. The maximum absolute atomic E-state index is 3.67. The Balaban J connectivity index is 2.04. The van der Waals surface area contributed by atoms with Crippen molar-refractivity contribution in [2.75, 3.05) is 13.1 Å². The number of nitrogens with one attached hydrogen (secondary N) is 2. The fourth-order valence-corrected chi connectivity index (χ4v) is 2.54. The van der Waals surface area contributed by atoms with E-state index < -0.39 is 0 Å². The summed E-state index contributed by atoms with van der Waals surface area (Å²) in [6.45, 7) is 7.02. The third-order valence-corrected chi connectivity index (χ3v) is 3.57. The van der Waals surface area contributed by atoms with E-state index in [1.54, 1.807) is 0 Å². The summed E-state index contributed by atoms with van der Waals surface area (Å²) in [7, 11) is 0. The van der Waals surface area contributed by atoms with Gasteiger partial charge in [0.1, 0.15) is 0 Å². The van der Waals surface area contributed by atoms with Crippen LogP contribution in [0, 0.1) is 0 Å². The van der Waals surface area contributed by atoms with Gasteiger partial charge in [-0.3, -0.25) is 0 Å². The lowest BCUT2D eigenvalue weighted by Crippen LogP contribution is -2.37. The molecule has 1 aliphatic rings. The minimum Gasteiger partial charge on any atom is -0.314 e. The molecule has 0 saturated carbocycles. The van der Waals surface area contributed by atoms with Crippen LogP contribution in [0.15, 0.2) is 0 Å². The van der Waals surface area contributed by atoms with Crippen molar-refractivity contribution in [1.29, 1.82) is 0 Å². The highest BCUT2D eigenvalue weighted by Crippen LogP contribution is 2.12. The lowest BCUT2D eigenvalue weighted by atomic mass is 10.0. The van der Waals surface area contributed by atoms with E-state index in [1.165, 1.54) is 64.5 Å². The van der Waals surface area contributed by atoms with Gasteiger partial charge in [0, 0.05) is 12.1 Å². The monoisotopic (exact) mass is 226 g/mol. The Morgan fingerprint density at radius 3 is 2.94 bits per heavy atom. The molecule has 1 heterocycles. The smallest absolute Gasteiger partial charge is 0.00817 e. The van der Waals surface area contributed by atoms with Crippen LogP contribution in [-0.4, -0.2) is 25.2 Å². The highest BCUT2D eigenvalue weighted by Gasteiger charge is 2.14. The molecule has 0 bridgehead atoms. The lowest BCUT2D eigenvalue weighted by molar-refractivity contribution is 0.400. The quantitative estimate of drug-likeness (QED) is 0.652. The third kappa shape index (κ3) is 6.49. The van der Waals surface area contributed by atoms with E-state index in [1.807, 2.05) is 0 Å². The lowest BCUT2D eigenvalue weighted by Gasteiger charge is -2.21. The van der Waals surface area contributed by atoms with Gasteiger partial charge in [0.25, 0.3) is 0 Å². The SMILES string of the molecule is CCCCCNC(C)CC1CCCCCN1. The molecule has 96 valence electrons. The van der Waals surface area contributed by atoms with E-state index in [4.69, 9.17) is 0 Å². The Bertz CT molecular complexity index is 151. The van der Waals surface area contributed by atoms with E-state index in [2.05, 4.69) is 24.5 Å². The molecule has 0 radical (unpaired) electrons. The molecular weight excluding hydrogens is 196 g/mol. The molecular formula is C14H30N2. The first-order valence-electron chi connectivity index (χ1n) is 7.29. The van der Waals surface area contributed by atoms with E-state index in [-0.39, 0.29) is 0 Å². The Kier molecular flexibility index (Phi) is 7.87. The van der Waals surface area contributed by atoms with E-state index in [9.17, 15) is 0 Å².